The Morgan fingerprint density at radius 1 is 1.00 bits per heavy atom. The third-order valence-electron chi connectivity index (χ3n) is 5.04. The maximum absolute atomic E-state index is 11.9. The zero-order valence-corrected chi connectivity index (χ0v) is 11.7. The molecule has 2 aliphatic carbocycles. The van der Waals surface area contributed by atoms with Crippen LogP contribution in [0.5, 0.6) is 0 Å². The summed E-state index contributed by atoms with van der Waals surface area (Å²) >= 11 is 0. The quantitative estimate of drug-likeness (QED) is 0.756. The van der Waals surface area contributed by atoms with Gasteiger partial charge in [0, 0.05) is 6.04 Å². The van der Waals surface area contributed by atoms with Gasteiger partial charge in [-0.2, -0.15) is 0 Å². The summed E-state index contributed by atoms with van der Waals surface area (Å²) in [4.78, 5) is 11.9. The van der Waals surface area contributed by atoms with Gasteiger partial charge in [-0.3, -0.25) is 4.79 Å². The zero-order chi connectivity index (χ0) is 13.0. The van der Waals surface area contributed by atoms with Gasteiger partial charge in [0.1, 0.15) is 0 Å². The highest BCUT2D eigenvalue weighted by molar-refractivity contribution is 5.84. The molecule has 1 amide bonds. The number of rotatable bonds is 4. The second kappa shape index (κ2) is 6.05. The smallest absolute Gasteiger partial charge is 0.237 e. The second-order valence-electron chi connectivity index (χ2n) is 6.38. The maximum Gasteiger partial charge on any atom is 0.237 e. The summed E-state index contributed by atoms with van der Waals surface area (Å²) in [6, 6.07) is 0.491. The number of carbonyl (C=O) groups is 1. The molecule has 3 heteroatoms. The monoisotopic (exact) mass is 252 g/mol. The SMILES string of the molecule is CC(NC1CCCCCC1)(C(N)=O)C1CCCC1. The number of nitrogens with one attached hydrogen (secondary N) is 1. The van der Waals surface area contributed by atoms with Crippen molar-refractivity contribution in [2.24, 2.45) is 11.7 Å². The van der Waals surface area contributed by atoms with Crippen molar-refractivity contribution in [3.05, 3.63) is 0 Å². The Balaban J connectivity index is 2.02. The Morgan fingerprint density at radius 2 is 1.50 bits per heavy atom. The van der Waals surface area contributed by atoms with E-state index in [2.05, 4.69) is 5.32 Å². The molecule has 1 atom stereocenters. The molecule has 2 rings (SSSR count). The number of hydrogen-bond acceptors (Lipinski definition) is 2. The van der Waals surface area contributed by atoms with E-state index < -0.39 is 5.54 Å². The molecule has 2 saturated carbocycles. The molecule has 3 nitrogen and oxygen atoms in total. The van der Waals surface area contributed by atoms with Gasteiger partial charge in [0.25, 0.3) is 0 Å². The minimum Gasteiger partial charge on any atom is -0.368 e. The lowest BCUT2D eigenvalue weighted by Gasteiger charge is -2.37. The number of hydrogen-bond donors (Lipinski definition) is 2. The van der Waals surface area contributed by atoms with Crippen LogP contribution >= 0.6 is 0 Å². The summed E-state index contributed by atoms with van der Waals surface area (Å²) in [6.45, 7) is 2.04. The summed E-state index contributed by atoms with van der Waals surface area (Å²) in [5.41, 5.74) is 5.22. The van der Waals surface area contributed by atoms with Gasteiger partial charge in [-0.15, -0.1) is 0 Å². The van der Waals surface area contributed by atoms with Gasteiger partial charge >= 0.3 is 0 Å². The van der Waals surface area contributed by atoms with E-state index in [1.54, 1.807) is 0 Å². The van der Waals surface area contributed by atoms with Crippen molar-refractivity contribution in [2.45, 2.75) is 82.7 Å². The van der Waals surface area contributed by atoms with Crippen molar-refractivity contribution in [1.29, 1.82) is 0 Å². The summed E-state index contributed by atoms with van der Waals surface area (Å²) in [7, 11) is 0. The topological polar surface area (TPSA) is 55.1 Å². The molecular weight excluding hydrogens is 224 g/mol. The van der Waals surface area contributed by atoms with E-state index in [0.29, 0.717) is 12.0 Å². The molecule has 2 aliphatic rings. The van der Waals surface area contributed by atoms with Crippen molar-refractivity contribution in [3.63, 3.8) is 0 Å². The second-order valence-corrected chi connectivity index (χ2v) is 6.38. The fraction of sp³-hybridized carbons (Fsp3) is 0.933. The number of primary amides is 1. The van der Waals surface area contributed by atoms with E-state index in [9.17, 15) is 4.79 Å². The minimum absolute atomic E-state index is 0.154. The molecule has 0 radical (unpaired) electrons. The van der Waals surface area contributed by atoms with E-state index in [0.717, 1.165) is 12.8 Å². The average molecular weight is 252 g/mol. The lowest BCUT2D eigenvalue weighted by atomic mass is 9.82. The standard InChI is InChI=1S/C15H28N2O/c1-15(14(16)18,12-8-6-7-9-12)17-13-10-4-2-3-5-11-13/h12-13,17H,2-11H2,1H3,(H2,16,18). The molecule has 3 N–H and O–H groups in total. The highest BCUT2D eigenvalue weighted by Crippen LogP contribution is 2.35. The highest BCUT2D eigenvalue weighted by atomic mass is 16.1. The van der Waals surface area contributed by atoms with Crippen LogP contribution in [0.4, 0.5) is 0 Å². The summed E-state index contributed by atoms with van der Waals surface area (Å²) in [6.07, 6.45) is 12.5. The van der Waals surface area contributed by atoms with Gasteiger partial charge in [-0.25, -0.2) is 0 Å². The lowest BCUT2D eigenvalue weighted by molar-refractivity contribution is -0.126. The third kappa shape index (κ3) is 3.05. The molecule has 0 aliphatic heterocycles. The normalized spacial score (nSPS) is 26.7. The number of amides is 1. The van der Waals surface area contributed by atoms with Crippen molar-refractivity contribution in [2.75, 3.05) is 0 Å². The van der Waals surface area contributed by atoms with Crippen LogP contribution in [0.2, 0.25) is 0 Å². The lowest BCUT2D eigenvalue weighted by Crippen LogP contribution is -2.60. The van der Waals surface area contributed by atoms with E-state index in [1.165, 1.54) is 51.4 Å². The molecule has 0 aromatic heterocycles. The van der Waals surface area contributed by atoms with Gasteiger partial charge in [0.2, 0.25) is 5.91 Å². The van der Waals surface area contributed by atoms with Crippen LogP contribution in [0.1, 0.15) is 71.1 Å². The minimum atomic E-state index is -0.481. The van der Waals surface area contributed by atoms with Crippen molar-refractivity contribution < 1.29 is 4.79 Å². The summed E-state index contributed by atoms with van der Waals surface area (Å²) in [5.74, 6) is 0.289. The molecule has 0 spiro atoms. The predicted molar refractivity (Wildman–Crippen MR) is 74.2 cm³/mol. The molecule has 2 fully saturated rings. The van der Waals surface area contributed by atoms with Crippen LogP contribution in [0.25, 0.3) is 0 Å². The van der Waals surface area contributed by atoms with Crippen molar-refractivity contribution in [1.82, 2.24) is 5.32 Å². The van der Waals surface area contributed by atoms with Crippen LogP contribution < -0.4 is 11.1 Å². The van der Waals surface area contributed by atoms with E-state index in [1.807, 2.05) is 6.92 Å². The Labute approximate surface area is 111 Å². The first-order chi connectivity index (χ1) is 8.63. The van der Waals surface area contributed by atoms with Gasteiger partial charge in [0.15, 0.2) is 0 Å². The Bertz CT molecular complexity index is 278. The number of carbonyl (C=O) groups excluding carboxylic acids is 1. The predicted octanol–water partition coefficient (Wildman–Crippen LogP) is 2.73. The average Bonchev–Trinajstić information content (AvgIpc) is 2.76. The Morgan fingerprint density at radius 3 is 2.00 bits per heavy atom. The zero-order valence-electron chi connectivity index (χ0n) is 11.7. The van der Waals surface area contributed by atoms with Gasteiger partial charge in [-0.1, -0.05) is 38.5 Å². The molecule has 0 aromatic rings. The Hall–Kier alpha value is -0.570. The van der Waals surface area contributed by atoms with Crippen LogP contribution in [-0.2, 0) is 4.79 Å². The van der Waals surface area contributed by atoms with Gasteiger partial charge < -0.3 is 11.1 Å². The molecule has 0 saturated heterocycles. The maximum atomic E-state index is 11.9. The molecule has 0 aromatic carbocycles. The molecule has 18 heavy (non-hydrogen) atoms. The molecule has 1 unspecified atom stereocenters. The van der Waals surface area contributed by atoms with E-state index >= 15 is 0 Å². The first kappa shape index (κ1) is 13.9. The van der Waals surface area contributed by atoms with E-state index in [4.69, 9.17) is 5.73 Å². The molecule has 0 bridgehead atoms. The third-order valence-corrected chi connectivity index (χ3v) is 5.04. The Kier molecular flexibility index (Phi) is 4.66. The van der Waals surface area contributed by atoms with Crippen LogP contribution in [0.3, 0.4) is 0 Å². The molecule has 0 heterocycles. The van der Waals surface area contributed by atoms with E-state index in [-0.39, 0.29) is 5.91 Å². The molecular formula is C15H28N2O. The number of nitrogens with two attached hydrogens (primary N) is 1. The van der Waals surface area contributed by atoms with Crippen molar-refractivity contribution >= 4 is 5.91 Å². The van der Waals surface area contributed by atoms with Crippen molar-refractivity contribution in [3.8, 4) is 0 Å². The fourth-order valence-corrected chi connectivity index (χ4v) is 3.74. The summed E-state index contributed by atoms with van der Waals surface area (Å²) < 4.78 is 0. The van der Waals surface area contributed by atoms with Crippen LogP contribution in [0.15, 0.2) is 0 Å². The van der Waals surface area contributed by atoms with Gasteiger partial charge in [-0.05, 0) is 38.5 Å². The first-order valence-corrected chi connectivity index (χ1v) is 7.70. The van der Waals surface area contributed by atoms with Crippen LogP contribution in [0, 0.1) is 5.92 Å². The fourth-order valence-electron chi connectivity index (χ4n) is 3.74. The summed E-state index contributed by atoms with van der Waals surface area (Å²) in [5, 5.41) is 3.64. The first-order valence-electron chi connectivity index (χ1n) is 7.70. The van der Waals surface area contributed by atoms with Crippen LogP contribution in [-0.4, -0.2) is 17.5 Å². The molecule has 104 valence electrons. The largest absolute Gasteiger partial charge is 0.368 e. The van der Waals surface area contributed by atoms with Gasteiger partial charge in [0.05, 0.1) is 5.54 Å². The highest BCUT2D eigenvalue weighted by Gasteiger charge is 2.42.